The highest BCUT2D eigenvalue weighted by atomic mass is 35.5. The third-order valence-electron chi connectivity index (χ3n) is 5.34. The summed E-state index contributed by atoms with van der Waals surface area (Å²) in [4.78, 5) is 32.0. The van der Waals surface area contributed by atoms with E-state index in [0.717, 1.165) is 10.1 Å². The lowest BCUT2D eigenvalue weighted by Crippen LogP contribution is -2.32. The molecule has 5 rings (SSSR count). The average Bonchev–Trinajstić information content (AvgIpc) is 3.36. The Morgan fingerprint density at radius 1 is 1.06 bits per heavy atom. The minimum atomic E-state index is -0.436. The van der Waals surface area contributed by atoms with Gasteiger partial charge in [0.1, 0.15) is 11.4 Å². The van der Waals surface area contributed by atoms with E-state index < -0.39 is 5.97 Å². The second-order valence-corrected chi connectivity index (χ2v) is 8.91. The van der Waals surface area contributed by atoms with Gasteiger partial charge in [-0.25, -0.2) is 9.79 Å². The van der Waals surface area contributed by atoms with Crippen LogP contribution in [-0.2, 0) is 9.53 Å². The van der Waals surface area contributed by atoms with Crippen molar-refractivity contribution in [1.29, 1.82) is 0 Å². The fourth-order valence-electron chi connectivity index (χ4n) is 3.66. The number of anilines is 1. The zero-order valence-electron chi connectivity index (χ0n) is 17.9. The summed E-state index contributed by atoms with van der Waals surface area (Å²) in [5, 5.41) is 11.1. The molecule has 1 aliphatic heterocycles. The Morgan fingerprint density at radius 3 is 2.44 bits per heavy atom. The molecule has 168 valence electrons. The molecule has 0 saturated heterocycles. The van der Waals surface area contributed by atoms with Gasteiger partial charge in [-0.3, -0.25) is 9.69 Å². The Labute approximate surface area is 204 Å². The number of esters is 1. The summed E-state index contributed by atoms with van der Waals surface area (Å²) < 4.78 is 5.72. The Hall–Kier alpha value is -3.94. The number of ether oxygens (including phenoxy) is 1. The number of rotatable bonds is 4. The molecule has 1 aromatic heterocycles. The molecule has 1 N–H and O–H groups in total. The highest BCUT2D eigenvalue weighted by molar-refractivity contribution is 7.21. The summed E-state index contributed by atoms with van der Waals surface area (Å²) in [5.41, 5.74) is 1.89. The van der Waals surface area contributed by atoms with Crippen LogP contribution in [0.25, 0.3) is 16.2 Å². The lowest BCUT2D eigenvalue weighted by Gasteiger charge is -2.18. The number of methoxy groups -OCH3 is 1. The van der Waals surface area contributed by atoms with Gasteiger partial charge in [0.05, 0.1) is 28.3 Å². The topological polar surface area (TPSA) is 79.2 Å². The lowest BCUT2D eigenvalue weighted by molar-refractivity contribution is -0.113. The third kappa shape index (κ3) is 3.85. The van der Waals surface area contributed by atoms with Crippen LogP contribution in [0.15, 0.2) is 83.5 Å². The van der Waals surface area contributed by atoms with Crippen LogP contribution in [-0.4, -0.2) is 29.9 Å². The molecular formula is C26H17ClN2O4S. The molecule has 4 aromatic rings. The van der Waals surface area contributed by atoms with Gasteiger partial charge in [-0.1, -0.05) is 41.9 Å². The van der Waals surface area contributed by atoms with Crippen LogP contribution >= 0.6 is 22.9 Å². The van der Waals surface area contributed by atoms with Crippen molar-refractivity contribution in [2.24, 2.45) is 4.99 Å². The monoisotopic (exact) mass is 488 g/mol. The van der Waals surface area contributed by atoms with E-state index >= 15 is 0 Å². The molecule has 8 heteroatoms. The van der Waals surface area contributed by atoms with Crippen molar-refractivity contribution in [3.05, 3.63) is 99.5 Å². The zero-order valence-corrected chi connectivity index (χ0v) is 19.4. The SMILES string of the molecule is COC(=O)c1ccc(/C=C2/N=C(c3sc4ccccc4c3Cl)N(c3ccc(O)cc3)C2=O)cc1. The van der Waals surface area contributed by atoms with Crippen molar-refractivity contribution in [2.75, 3.05) is 12.0 Å². The molecule has 6 nitrogen and oxygen atoms in total. The lowest BCUT2D eigenvalue weighted by atomic mass is 10.1. The minimum absolute atomic E-state index is 0.0928. The number of amidine groups is 1. The first-order chi connectivity index (χ1) is 16.5. The van der Waals surface area contributed by atoms with Gasteiger partial charge >= 0.3 is 5.97 Å². The maximum absolute atomic E-state index is 13.5. The molecule has 1 aliphatic rings. The summed E-state index contributed by atoms with van der Waals surface area (Å²) in [6.07, 6.45) is 1.66. The number of hydrogen-bond acceptors (Lipinski definition) is 6. The minimum Gasteiger partial charge on any atom is -0.508 e. The van der Waals surface area contributed by atoms with Crippen molar-refractivity contribution in [3.63, 3.8) is 0 Å². The maximum Gasteiger partial charge on any atom is 0.337 e. The summed E-state index contributed by atoms with van der Waals surface area (Å²) >= 11 is 8.18. The number of phenols is 1. The maximum atomic E-state index is 13.5. The van der Waals surface area contributed by atoms with Crippen LogP contribution in [0.5, 0.6) is 5.75 Å². The van der Waals surface area contributed by atoms with E-state index in [2.05, 4.69) is 4.99 Å². The number of thiophene rings is 1. The van der Waals surface area contributed by atoms with Crippen LogP contribution in [0.3, 0.4) is 0 Å². The van der Waals surface area contributed by atoms with Gasteiger partial charge in [-0.15, -0.1) is 11.3 Å². The molecule has 0 atom stereocenters. The summed E-state index contributed by atoms with van der Waals surface area (Å²) in [7, 11) is 1.32. The first kappa shape index (κ1) is 21.9. The van der Waals surface area contributed by atoms with Crippen LogP contribution in [0.4, 0.5) is 5.69 Å². The molecule has 3 aromatic carbocycles. The Balaban J connectivity index is 1.62. The second kappa shape index (κ2) is 8.78. The van der Waals surface area contributed by atoms with Crippen LogP contribution < -0.4 is 4.90 Å². The number of nitrogens with zero attached hydrogens (tertiary/aromatic N) is 2. The van der Waals surface area contributed by atoms with Crippen LogP contribution in [0, 0.1) is 0 Å². The van der Waals surface area contributed by atoms with E-state index in [-0.39, 0.29) is 17.4 Å². The normalized spacial score (nSPS) is 14.6. The predicted molar refractivity (Wildman–Crippen MR) is 135 cm³/mol. The highest BCUT2D eigenvalue weighted by Gasteiger charge is 2.35. The summed E-state index contributed by atoms with van der Waals surface area (Å²) in [6, 6.07) is 20.8. The fourth-order valence-corrected chi connectivity index (χ4v) is 5.15. The predicted octanol–water partition coefficient (Wildman–Crippen LogP) is 5.88. The Bertz CT molecular complexity index is 1490. The van der Waals surface area contributed by atoms with E-state index in [1.807, 2.05) is 24.3 Å². The van der Waals surface area contributed by atoms with E-state index in [0.29, 0.717) is 32.5 Å². The number of aliphatic imine (C=N–C) groups is 1. The molecule has 0 fully saturated rings. The van der Waals surface area contributed by atoms with Gasteiger partial charge < -0.3 is 9.84 Å². The number of carbonyl (C=O) groups is 2. The fraction of sp³-hybridized carbons (Fsp3) is 0.0385. The smallest absolute Gasteiger partial charge is 0.337 e. The molecule has 0 bridgehead atoms. The number of phenolic OH excluding ortho intramolecular Hbond substituents is 1. The number of hydrogen-bond donors (Lipinski definition) is 1. The molecule has 1 amide bonds. The van der Waals surface area contributed by atoms with E-state index in [9.17, 15) is 14.7 Å². The van der Waals surface area contributed by atoms with Gasteiger partial charge in [0.15, 0.2) is 5.84 Å². The first-order valence-electron chi connectivity index (χ1n) is 10.3. The first-order valence-corrected chi connectivity index (χ1v) is 11.5. The largest absolute Gasteiger partial charge is 0.508 e. The molecule has 2 heterocycles. The van der Waals surface area contributed by atoms with E-state index in [4.69, 9.17) is 16.3 Å². The van der Waals surface area contributed by atoms with Gasteiger partial charge in [0.2, 0.25) is 0 Å². The summed E-state index contributed by atoms with van der Waals surface area (Å²) in [6.45, 7) is 0. The average molecular weight is 489 g/mol. The van der Waals surface area contributed by atoms with Gasteiger partial charge in [0, 0.05) is 10.1 Å². The number of amides is 1. The van der Waals surface area contributed by atoms with E-state index in [1.54, 1.807) is 42.5 Å². The van der Waals surface area contributed by atoms with Crippen molar-refractivity contribution in [3.8, 4) is 5.75 Å². The Kier molecular flexibility index (Phi) is 5.65. The molecule has 0 saturated carbocycles. The standard InChI is InChI=1S/C26H17ClN2O4S/c1-33-26(32)16-8-6-15(7-9-16)14-20-25(31)29(17-10-12-18(30)13-11-17)24(28-20)23-22(27)19-4-2-3-5-21(19)34-23/h2-14,30H,1H3/b20-14+. The van der Waals surface area contributed by atoms with Crippen molar-refractivity contribution in [2.45, 2.75) is 0 Å². The molecule has 0 unspecified atom stereocenters. The quantitative estimate of drug-likeness (QED) is 0.287. The highest BCUT2D eigenvalue weighted by Crippen LogP contribution is 2.39. The number of benzene rings is 3. The number of halogens is 1. The Morgan fingerprint density at radius 2 is 1.76 bits per heavy atom. The van der Waals surface area contributed by atoms with E-state index in [1.165, 1.54) is 35.5 Å². The summed E-state index contributed by atoms with van der Waals surface area (Å²) in [5.74, 6) is -0.254. The van der Waals surface area contributed by atoms with Crippen LogP contribution in [0.2, 0.25) is 5.02 Å². The molecule has 0 radical (unpaired) electrons. The van der Waals surface area contributed by atoms with Gasteiger partial charge in [-0.05, 0) is 54.1 Å². The molecule has 0 aliphatic carbocycles. The van der Waals surface area contributed by atoms with Gasteiger partial charge in [0.25, 0.3) is 5.91 Å². The van der Waals surface area contributed by atoms with Crippen LogP contribution in [0.1, 0.15) is 20.8 Å². The number of fused-ring (bicyclic) bond motifs is 1. The zero-order chi connectivity index (χ0) is 23.8. The van der Waals surface area contributed by atoms with Crippen molar-refractivity contribution in [1.82, 2.24) is 0 Å². The third-order valence-corrected chi connectivity index (χ3v) is 7.01. The second-order valence-electron chi connectivity index (χ2n) is 7.48. The molecule has 34 heavy (non-hydrogen) atoms. The molecule has 0 spiro atoms. The van der Waals surface area contributed by atoms with Gasteiger partial charge in [-0.2, -0.15) is 0 Å². The number of aromatic hydroxyl groups is 1. The van der Waals surface area contributed by atoms with Crippen molar-refractivity contribution >= 4 is 62.5 Å². The number of carbonyl (C=O) groups excluding carboxylic acids is 2. The molecular weight excluding hydrogens is 472 g/mol. The van der Waals surface area contributed by atoms with Crippen molar-refractivity contribution < 1.29 is 19.4 Å².